The van der Waals surface area contributed by atoms with Crippen molar-refractivity contribution in [2.45, 2.75) is 31.7 Å². The first-order valence-corrected chi connectivity index (χ1v) is 9.72. The van der Waals surface area contributed by atoms with Crippen LogP contribution in [0.5, 0.6) is 0 Å². The van der Waals surface area contributed by atoms with Crippen molar-refractivity contribution in [3.05, 3.63) is 53.6 Å². The first-order valence-electron chi connectivity index (χ1n) is 8.28. The van der Waals surface area contributed by atoms with E-state index in [1.165, 1.54) is 26.2 Å². The molecular formula is C19H25N3O3S. The Bertz CT molecular complexity index is 888. The Balaban J connectivity index is 2.12. The van der Waals surface area contributed by atoms with Gasteiger partial charge in [-0.25, -0.2) is 12.7 Å². The lowest BCUT2D eigenvalue weighted by atomic mass is 10.1. The fraction of sp³-hybridized carbons (Fsp3) is 0.316. The van der Waals surface area contributed by atoms with Crippen LogP contribution in [0.2, 0.25) is 0 Å². The first-order chi connectivity index (χ1) is 12.1. The minimum atomic E-state index is -3.55. The molecule has 0 aliphatic heterocycles. The largest absolute Gasteiger partial charge is 0.374 e. The van der Waals surface area contributed by atoms with Crippen molar-refractivity contribution in [2.24, 2.45) is 0 Å². The normalized spacial score (nSPS) is 12.7. The van der Waals surface area contributed by atoms with Crippen LogP contribution in [0.25, 0.3) is 0 Å². The Morgan fingerprint density at radius 1 is 1.00 bits per heavy atom. The highest BCUT2D eigenvalue weighted by atomic mass is 32.2. The van der Waals surface area contributed by atoms with Crippen LogP contribution in [0, 0.1) is 13.8 Å². The Morgan fingerprint density at radius 2 is 1.62 bits per heavy atom. The molecule has 0 aromatic heterocycles. The van der Waals surface area contributed by atoms with Crippen LogP contribution in [0.1, 0.15) is 18.1 Å². The molecule has 0 aliphatic carbocycles. The number of nitrogens with one attached hydrogen (secondary N) is 2. The van der Waals surface area contributed by atoms with Crippen molar-refractivity contribution in [3.63, 3.8) is 0 Å². The lowest BCUT2D eigenvalue weighted by molar-refractivity contribution is -0.116. The smallest absolute Gasteiger partial charge is 0.246 e. The lowest BCUT2D eigenvalue weighted by Crippen LogP contribution is -2.32. The van der Waals surface area contributed by atoms with Gasteiger partial charge in [-0.05, 0) is 62.2 Å². The van der Waals surface area contributed by atoms with Gasteiger partial charge in [0.25, 0.3) is 0 Å². The quantitative estimate of drug-likeness (QED) is 0.814. The molecule has 0 fully saturated rings. The Kier molecular flexibility index (Phi) is 6.05. The van der Waals surface area contributed by atoms with Gasteiger partial charge in [-0.2, -0.15) is 0 Å². The van der Waals surface area contributed by atoms with Crippen molar-refractivity contribution in [2.75, 3.05) is 24.7 Å². The zero-order valence-electron chi connectivity index (χ0n) is 15.7. The summed E-state index contributed by atoms with van der Waals surface area (Å²) in [6.07, 6.45) is 0. The second kappa shape index (κ2) is 7.88. The number of benzene rings is 2. The summed E-state index contributed by atoms with van der Waals surface area (Å²) in [7, 11) is -0.610. The van der Waals surface area contributed by atoms with Gasteiger partial charge in [-0.1, -0.05) is 12.1 Å². The molecule has 26 heavy (non-hydrogen) atoms. The number of aryl methyl sites for hydroxylation is 2. The van der Waals surface area contributed by atoms with E-state index in [1.54, 1.807) is 19.1 Å². The molecular weight excluding hydrogens is 350 g/mol. The molecule has 2 rings (SSSR count). The van der Waals surface area contributed by atoms with Crippen molar-refractivity contribution in [1.82, 2.24) is 4.31 Å². The van der Waals surface area contributed by atoms with E-state index in [0.29, 0.717) is 5.69 Å². The van der Waals surface area contributed by atoms with E-state index in [9.17, 15) is 13.2 Å². The van der Waals surface area contributed by atoms with Gasteiger partial charge in [0.15, 0.2) is 0 Å². The fourth-order valence-corrected chi connectivity index (χ4v) is 3.52. The van der Waals surface area contributed by atoms with E-state index in [2.05, 4.69) is 16.7 Å². The SMILES string of the molecule is Cc1cc(C)cc(N[C@H](C)C(=O)Nc2cccc(S(=O)(=O)N(C)C)c2)c1. The van der Waals surface area contributed by atoms with E-state index in [4.69, 9.17) is 0 Å². The van der Waals surface area contributed by atoms with E-state index in [1.807, 2.05) is 26.0 Å². The van der Waals surface area contributed by atoms with E-state index in [0.717, 1.165) is 21.1 Å². The predicted molar refractivity (Wildman–Crippen MR) is 105 cm³/mol. The van der Waals surface area contributed by atoms with Crippen molar-refractivity contribution >= 4 is 27.3 Å². The van der Waals surface area contributed by atoms with Crippen LogP contribution in [0.3, 0.4) is 0 Å². The molecule has 6 nitrogen and oxygen atoms in total. The number of carbonyl (C=O) groups excluding carboxylic acids is 1. The average molecular weight is 375 g/mol. The lowest BCUT2D eigenvalue weighted by Gasteiger charge is -2.17. The summed E-state index contributed by atoms with van der Waals surface area (Å²) in [6, 6.07) is 11.8. The maximum atomic E-state index is 12.4. The van der Waals surface area contributed by atoms with Gasteiger partial charge in [0.2, 0.25) is 15.9 Å². The number of hydrogen-bond donors (Lipinski definition) is 2. The molecule has 0 saturated carbocycles. The minimum Gasteiger partial charge on any atom is -0.374 e. The van der Waals surface area contributed by atoms with Crippen molar-refractivity contribution < 1.29 is 13.2 Å². The van der Waals surface area contributed by atoms with Crippen LogP contribution in [0.4, 0.5) is 11.4 Å². The molecule has 1 amide bonds. The van der Waals surface area contributed by atoms with E-state index >= 15 is 0 Å². The summed E-state index contributed by atoms with van der Waals surface area (Å²) in [5, 5.41) is 5.93. The number of carbonyl (C=O) groups is 1. The summed E-state index contributed by atoms with van der Waals surface area (Å²) in [4.78, 5) is 12.6. The topological polar surface area (TPSA) is 78.5 Å². The second-order valence-electron chi connectivity index (χ2n) is 6.55. The number of hydrogen-bond acceptors (Lipinski definition) is 4. The van der Waals surface area contributed by atoms with Gasteiger partial charge in [-0.3, -0.25) is 4.79 Å². The number of rotatable bonds is 6. The third-order valence-electron chi connectivity index (χ3n) is 3.88. The molecule has 0 saturated heterocycles. The average Bonchev–Trinajstić information content (AvgIpc) is 2.53. The maximum Gasteiger partial charge on any atom is 0.246 e. The summed E-state index contributed by atoms with van der Waals surface area (Å²) < 4.78 is 25.6. The van der Waals surface area contributed by atoms with Crippen molar-refractivity contribution in [3.8, 4) is 0 Å². The van der Waals surface area contributed by atoms with E-state index in [-0.39, 0.29) is 10.8 Å². The summed E-state index contributed by atoms with van der Waals surface area (Å²) in [6.45, 7) is 5.76. The summed E-state index contributed by atoms with van der Waals surface area (Å²) >= 11 is 0. The summed E-state index contributed by atoms with van der Waals surface area (Å²) in [5.41, 5.74) is 3.53. The number of nitrogens with zero attached hydrogens (tertiary/aromatic N) is 1. The van der Waals surface area contributed by atoms with Gasteiger partial charge in [0.1, 0.15) is 6.04 Å². The van der Waals surface area contributed by atoms with Crippen LogP contribution in [-0.4, -0.2) is 38.8 Å². The van der Waals surface area contributed by atoms with Crippen LogP contribution in [-0.2, 0) is 14.8 Å². The number of anilines is 2. The van der Waals surface area contributed by atoms with Gasteiger partial charge in [0.05, 0.1) is 4.90 Å². The molecule has 0 heterocycles. The Hall–Kier alpha value is -2.38. The third-order valence-corrected chi connectivity index (χ3v) is 5.69. The van der Waals surface area contributed by atoms with Crippen LogP contribution < -0.4 is 10.6 Å². The molecule has 1 atom stereocenters. The molecule has 0 radical (unpaired) electrons. The number of amides is 1. The maximum absolute atomic E-state index is 12.4. The Labute approximate surface area is 155 Å². The molecule has 0 unspecified atom stereocenters. The molecule has 0 bridgehead atoms. The highest BCUT2D eigenvalue weighted by Gasteiger charge is 2.18. The zero-order chi connectivity index (χ0) is 19.5. The fourth-order valence-electron chi connectivity index (χ4n) is 2.57. The van der Waals surface area contributed by atoms with Gasteiger partial charge in [-0.15, -0.1) is 0 Å². The molecule has 2 aromatic carbocycles. The molecule has 0 spiro atoms. The highest BCUT2D eigenvalue weighted by Crippen LogP contribution is 2.19. The van der Waals surface area contributed by atoms with Crippen LogP contribution >= 0.6 is 0 Å². The zero-order valence-corrected chi connectivity index (χ0v) is 16.5. The van der Waals surface area contributed by atoms with E-state index < -0.39 is 16.1 Å². The van der Waals surface area contributed by atoms with Gasteiger partial charge >= 0.3 is 0 Å². The molecule has 2 N–H and O–H groups in total. The highest BCUT2D eigenvalue weighted by molar-refractivity contribution is 7.89. The standard InChI is InChI=1S/C19H25N3O3S/c1-13-9-14(2)11-17(10-13)20-15(3)19(23)21-16-7-6-8-18(12-16)26(24,25)22(4)5/h6-12,15,20H,1-5H3,(H,21,23)/t15-/m1/s1. The van der Waals surface area contributed by atoms with Crippen LogP contribution in [0.15, 0.2) is 47.4 Å². The molecule has 2 aromatic rings. The van der Waals surface area contributed by atoms with Gasteiger partial charge < -0.3 is 10.6 Å². The number of sulfonamides is 1. The third kappa shape index (κ3) is 4.83. The Morgan fingerprint density at radius 3 is 2.19 bits per heavy atom. The first kappa shape index (κ1) is 19.9. The molecule has 140 valence electrons. The summed E-state index contributed by atoms with van der Waals surface area (Å²) in [5.74, 6) is -0.247. The second-order valence-corrected chi connectivity index (χ2v) is 8.70. The molecule has 7 heteroatoms. The monoisotopic (exact) mass is 375 g/mol. The minimum absolute atomic E-state index is 0.134. The van der Waals surface area contributed by atoms with Gasteiger partial charge in [0, 0.05) is 25.5 Å². The molecule has 0 aliphatic rings. The van der Waals surface area contributed by atoms with Crippen molar-refractivity contribution in [1.29, 1.82) is 0 Å². The predicted octanol–water partition coefficient (Wildman–Crippen LogP) is 2.99.